The van der Waals surface area contributed by atoms with Crippen molar-refractivity contribution in [2.24, 2.45) is 0 Å². The molecule has 0 amide bonds. The molecule has 1 aromatic carbocycles. The summed E-state index contributed by atoms with van der Waals surface area (Å²) in [5.41, 5.74) is 2.24. The number of furan rings is 1. The SMILES string of the molecule is Cc1ccc2nc(COC(=O)c3ccc(-c4ccccc4Cl)o3)cc(=O)n2c1. The number of pyridine rings is 1. The molecule has 0 unspecified atom stereocenters. The average molecular weight is 395 g/mol. The monoisotopic (exact) mass is 394 g/mol. The number of hydrogen-bond donors (Lipinski definition) is 0. The highest BCUT2D eigenvalue weighted by Crippen LogP contribution is 2.29. The first-order valence-corrected chi connectivity index (χ1v) is 8.90. The number of ether oxygens (including phenoxy) is 1. The second kappa shape index (κ2) is 7.32. The fourth-order valence-corrected chi connectivity index (χ4v) is 3.03. The van der Waals surface area contributed by atoms with Gasteiger partial charge in [0, 0.05) is 17.8 Å². The van der Waals surface area contributed by atoms with Gasteiger partial charge in [-0.1, -0.05) is 29.8 Å². The topological polar surface area (TPSA) is 73.8 Å². The Morgan fingerprint density at radius 3 is 2.82 bits per heavy atom. The third kappa shape index (κ3) is 3.54. The Morgan fingerprint density at radius 1 is 1.18 bits per heavy atom. The third-order valence-electron chi connectivity index (χ3n) is 4.16. The van der Waals surface area contributed by atoms with Crippen molar-refractivity contribution >= 4 is 23.2 Å². The van der Waals surface area contributed by atoms with Gasteiger partial charge in [-0.25, -0.2) is 9.78 Å². The molecular weight excluding hydrogens is 380 g/mol. The molecule has 0 N–H and O–H groups in total. The second-order valence-corrected chi connectivity index (χ2v) is 6.65. The van der Waals surface area contributed by atoms with Gasteiger partial charge in [0.05, 0.1) is 10.7 Å². The summed E-state index contributed by atoms with van der Waals surface area (Å²) in [5.74, 6) is -0.137. The van der Waals surface area contributed by atoms with Gasteiger partial charge in [0.1, 0.15) is 18.0 Å². The highest BCUT2D eigenvalue weighted by atomic mass is 35.5. The molecule has 0 aliphatic rings. The maximum atomic E-state index is 12.3. The lowest BCUT2D eigenvalue weighted by atomic mass is 10.2. The van der Waals surface area contributed by atoms with Gasteiger partial charge in [-0.2, -0.15) is 0 Å². The summed E-state index contributed by atoms with van der Waals surface area (Å²) in [4.78, 5) is 28.8. The molecule has 7 heteroatoms. The van der Waals surface area contributed by atoms with Crippen molar-refractivity contribution < 1.29 is 13.9 Å². The highest BCUT2D eigenvalue weighted by Gasteiger charge is 2.16. The molecule has 0 radical (unpaired) electrons. The van der Waals surface area contributed by atoms with Crippen LogP contribution in [-0.4, -0.2) is 15.4 Å². The Labute approximate surface area is 165 Å². The van der Waals surface area contributed by atoms with Gasteiger partial charge in [0.15, 0.2) is 0 Å². The number of carbonyl (C=O) groups is 1. The lowest BCUT2D eigenvalue weighted by Crippen LogP contribution is -2.16. The maximum absolute atomic E-state index is 12.3. The normalized spacial score (nSPS) is 10.9. The van der Waals surface area contributed by atoms with Crippen molar-refractivity contribution in [3.05, 3.63) is 93.2 Å². The van der Waals surface area contributed by atoms with E-state index in [1.807, 2.05) is 25.1 Å². The Morgan fingerprint density at radius 2 is 2.00 bits per heavy atom. The van der Waals surface area contributed by atoms with Crippen LogP contribution in [0.4, 0.5) is 0 Å². The van der Waals surface area contributed by atoms with E-state index < -0.39 is 5.97 Å². The maximum Gasteiger partial charge on any atom is 0.374 e. The molecule has 0 atom stereocenters. The zero-order valence-electron chi connectivity index (χ0n) is 14.9. The van der Waals surface area contributed by atoms with Gasteiger partial charge < -0.3 is 9.15 Å². The van der Waals surface area contributed by atoms with Gasteiger partial charge in [-0.3, -0.25) is 9.20 Å². The Bertz CT molecular complexity index is 1240. The smallest absolute Gasteiger partial charge is 0.374 e. The first-order chi connectivity index (χ1) is 13.5. The van der Waals surface area contributed by atoms with Gasteiger partial charge in [0.2, 0.25) is 5.76 Å². The van der Waals surface area contributed by atoms with E-state index in [2.05, 4.69) is 4.98 Å². The third-order valence-corrected chi connectivity index (χ3v) is 4.49. The lowest BCUT2D eigenvalue weighted by Gasteiger charge is -2.06. The highest BCUT2D eigenvalue weighted by molar-refractivity contribution is 6.33. The zero-order valence-corrected chi connectivity index (χ0v) is 15.6. The van der Waals surface area contributed by atoms with E-state index in [1.54, 1.807) is 30.5 Å². The lowest BCUT2D eigenvalue weighted by molar-refractivity contribution is 0.0432. The molecule has 0 saturated heterocycles. The van der Waals surface area contributed by atoms with Crippen LogP contribution in [0, 0.1) is 6.92 Å². The Balaban J connectivity index is 1.51. The Hall–Kier alpha value is -3.38. The average Bonchev–Trinajstić information content (AvgIpc) is 3.17. The molecular formula is C21H15ClN2O4. The minimum absolute atomic E-state index is 0.0445. The van der Waals surface area contributed by atoms with Crippen LogP contribution in [0.3, 0.4) is 0 Å². The van der Waals surface area contributed by atoms with Crippen molar-refractivity contribution in [2.45, 2.75) is 13.5 Å². The van der Waals surface area contributed by atoms with E-state index in [1.165, 1.54) is 16.5 Å². The van der Waals surface area contributed by atoms with Crippen LogP contribution in [0.15, 0.2) is 70.0 Å². The number of halogens is 1. The molecule has 0 aliphatic carbocycles. The van der Waals surface area contributed by atoms with Crippen LogP contribution >= 0.6 is 11.6 Å². The molecule has 0 fully saturated rings. The van der Waals surface area contributed by atoms with Crippen LogP contribution < -0.4 is 5.56 Å². The van der Waals surface area contributed by atoms with E-state index >= 15 is 0 Å². The van der Waals surface area contributed by atoms with E-state index in [0.29, 0.717) is 27.7 Å². The molecule has 4 aromatic rings. The molecule has 0 aliphatic heterocycles. The summed E-state index contributed by atoms with van der Waals surface area (Å²) in [7, 11) is 0. The van der Waals surface area contributed by atoms with Crippen LogP contribution in [0.25, 0.3) is 17.0 Å². The molecule has 0 spiro atoms. The number of hydrogen-bond acceptors (Lipinski definition) is 5. The van der Waals surface area contributed by atoms with Crippen LogP contribution in [0.5, 0.6) is 0 Å². The van der Waals surface area contributed by atoms with Crippen molar-refractivity contribution in [3.63, 3.8) is 0 Å². The Kier molecular flexibility index (Phi) is 4.71. The van der Waals surface area contributed by atoms with Crippen molar-refractivity contribution in [3.8, 4) is 11.3 Å². The summed E-state index contributed by atoms with van der Waals surface area (Å²) in [5, 5.41) is 0.521. The quantitative estimate of drug-likeness (QED) is 0.483. The molecule has 0 saturated carbocycles. The minimum atomic E-state index is -0.649. The van der Waals surface area contributed by atoms with E-state index in [9.17, 15) is 9.59 Å². The number of aromatic nitrogens is 2. The van der Waals surface area contributed by atoms with Crippen molar-refractivity contribution in [2.75, 3.05) is 0 Å². The number of rotatable bonds is 4. The van der Waals surface area contributed by atoms with Gasteiger partial charge >= 0.3 is 5.97 Å². The fourth-order valence-electron chi connectivity index (χ4n) is 2.80. The number of esters is 1. The van der Waals surface area contributed by atoms with E-state index in [-0.39, 0.29) is 17.9 Å². The molecule has 4 rings (SSSR count). The molecule has 0 bridgehead atoms. The van der Waals surface area contributed by atoms with Crippen LogP contribution in [0.2, 0.25) is 5.02 Å². The second-order valence-electron chi connectivity index (χ2n) is 6.24. The largest absolute Gasteiger partial charge is 0.453 e. The van der Waals surface area contributed by atoms with Gasteiger partial charge in [-0.05, 0) is 42.8 Å². The van der Waals surface area contributed by atoms with E-state index in [4.69, 9.17) is 20.8 Å². The summed E-state index contributed by atoms with van der Waals surface area (Å²) in [6.45, 7) is 1.75. The summed E-state index contributed by atoms with van der Waals surface area (Å²) >= 11 is 6.15. The molecule has 3 heterocycles. The predicted octanol–water partition coefficient (Wildman–Crippen LogP) is 4.27. The molecule has 6 nitrogen and oxygen atoms in total. The summed E-state index contributed by atoms with van der Waals surface area (Å²) in [6.07, 6.45) is 1.71. The van der Waals surface area contributed by atoms with Gasteiger partial charge in [-0.15, -0.1) is 0 Å². The number of nitrogens with zero attached hydrogens (tertiary/aromatic N) is 2. The first kappa shape index (κ1) is 18.0. The summed E-state index contributed by atoms with van der Waals surface area (Å²) in [6, 6.07) is 15.3. The first-order valence-electron chi connectivity index (χ1n) is 8.52. The van der Waals surface area contributed by atoms with Gasteiger partial charge in [0.25, 0.3) is 5.56 Å². The number of aryl methyl sites for hydroxylation is 1. The van der Waals surface area contributed by atoms with Crippen molar-refractivity contribution in [1.82, 2.24) is 9.38 Å². The van der Waals surface area contributed by atoms with E-state index in [0.717, 1.165) is 5.56 Å². The number of fused-ring (bicyclic) bond motifs is 1. The standard InChI is InChI=1S/C21H15ClN2O4/c1-13-6-9-19-23-14(10-20(25)24(19)11-13)12-27-21(26)18-8-7-17(28-18)15-4-2-3-5-16(15)22/h2-11H,12H2,1H3. The van der Waals surface area contributed by atoms with Crippen LogP contribution in [0.1, 0.15) is 21.8 Å². The zero-order chi connectivity index (χ0) is 19.7. The molecule has 3 aromatic heterocycles. The van der Waals surface area contributed by atoms with Crippen molar-refractivity contribution in [1.29, 1.82) is 0 Å². The fraction of sp³-hybridized carbons (Fsp3) is 0.0952. The number of benzene rings is 1. The van der Waals surface area contributed by atoms with Crippen LogP contribution in [-0.2, 0) is 11.3 Å². The summed E-state index contributed by atoms with van der Waals surface area (Å²) < 4.78 is 12.3. The minimum Gasteiger partial charge on any atom is -0.453 e. The predicted molar refractivity (Wildman–Crippen MR) is 104 cm³/mol. The number of carbonyl (C=O) groups excluding carboxylic acids is 1. The molecule has 140 valence electrons. The molecule has 28 heavy (non-hydrogen) atoms.